The minimum atomic E-state index is -0.803. The van der Waals surface area contributed by atoms with Crippen LogP contribution in [0.3, 0.4) is 0 Å². The summed E-state index contributed by atoms with van der Waals surface area (Å²) >= 11 is 0. The fraction of sp³-hybridized carbons (Fsp3) is 0.143. The molecule has 1 amide bonds. The van der Waals surface area contributed by atoms with Gasteiger partial charge in [0, 0.05) is 23.6 Å². The summed E-state index contributed by atoms with van der Waals surface area (Å²) in [6, 6.07) is 13.7. The molecule has 0 bridgehead atoms. The van der Waals surface area contributed by atoms with Crippen molar-refractivity contribution in [1.29, 1.82) is 0 Å². The van der Waals surface area contributed by atoms with Crippen LogP contribution in [0.25, 0.3) is 11.1 Å². The van der Waals surface area contributed by atoms with Gasteiger partial charge in [-0.1, -0.05) is 12.1 Å². The third-order valence-corrected chi connectivity index (χ3v) is 4.36. The maximum Gasteiger partial charge on any atom is 0.269 e. The molecule has 2 aromatic carbocycles. The molecule has 1 aliphatic heterocycles. The Labute approximate surface area is 155 Å². The van der Waals surface area contributed by atoms with Crippen LogP contribution in [0.5, 0.6) is 11.5 Å². The highest BCUT2D eigenvalue weighted by Crippen LogP contribution is 2.32. The van der Waals surface area contributed by atoms with E-state index in [9.17, 15) is 9.18 Å². The first kappa shape index (κ1) is 17.0. The number of hydrogen-bond donors (Lipinski definition) is 1. The predicted octanol–water partition coefficient (Wildman–Crippen LogP) is 3.97. The first-order chi connectivity index (χ1) is 13.1. The molecule has 2 heterocycles. The van der Waals surface area contributed by atoms with Crippen LogP contribution in [-0.4, -0.2) is 23.6 Å². The number of nitrogens with one attached hydrogen (secondary N) is 1. The van der Waals surface area contributed by atoms with E-state index in [2.05, 4.69) is 10.3 Å². The van der Waals surface area contributed by atoms with Gasteiger partial charge in [-0.25, -0.2) is 4.39 Å². The molecule has 0 radical (unpaired) electrons. The molecule has 1 N–H and O–H groups in total. The summed E-state index contributed by atoms with van der Waals surface area (Å²) in [6.45, 7) is 1.91. The number of para-hydroxylation sites is 2. The number of hydrogen-bond acceptors (Lipinski definition) is 4. The molecule has 6 heteroatoms. The predicted molar refractivity (Wildman–Crippen MR) is 99.4 cm³/mol. The van der Waals surface area contributed by atoms with E-state index in [-0.39, 0.29) is 12.5 Å². The number of carbonyl (C=O) groups excluding carboxylic acids is 1. The lowest BCUT2D eigenvalue weighted by Gasteiger charge is -2.25. The second-order valence-corrected chi connectivity index (χ2v) is 6.24. The average Bonchev–Trinajstić information content (AvgIpc) is 2.70. The average molecular weight is 364 g/mol. The number of anilines is 1. The van der Waals surface area contributed by atoms with E-state index in [0.29, 0.717) is 22.7 Å². The van der Waals surface area contributed by atoms with Gasteiger partial charge in [0.2, 0.25) is 6.10 Å². The van der Waals surface area contributed by atoms with Crippen molar-refractivity contribution in [3.63, 3.8) is 0 Å². The van der Waals surface area contributed by atoms with E-state index in [1.165, 1.54) is 6.07 Å². The van der Waals surface area contributed by atoms with Gasteiger partial charge in [-0.2, -0.15) is 0 Å². The number of carbonyl (C=O) groups is 1. The number of nitrogens with zero attached hydrogens (tertiary/aromatic N) is 1. The summed E-state index contributed by atoms with van der Waals surface area (Å²) in [4.78, 5) is 16.5. The molecule has 1 atom stereocenters. The van der Waals surface area contributed by atoms with Crippen LogP contribution in [0.4, 0.5) is 10.1 Å². The molecule has 0 spiro atoms. The Kier molecular flexibility index (Phi) is 4.46. The van der Waals surface area contributed by atoms with E-state index >= 15 is 0 Å². The highest BCUT2D eigenvalue weighted by molar-refractivity contribution is 5.95. The number of rotatable bonds is 3. The molecule has 1 unspecified atom stereocenters. The largest absolute Gasteiger partial charge is 0.485 e. The van der Waals surface area contributed by atoms with Gasteiger partial charge in [0.1, 0.15) is 12.4 Å². The third-order valence-electron chi connectivity index (χ3n) is 4.36. The number of aryl methyl sites for hydroxylation is 1. The van der Waals surface area contributed by atoms with Gasteiger partial charge in [-0.3, -0.25) is 9.78 Å². The molecule has 4 rings (SSSR count). The lowest BCUT2D eigenvalue weighted by Crippen LogP contribution is -2.40. The van der Waals surface area contributed by atoms with Crippen molar-refractivity contribution >= 4 is 11.6 Å². The zero-order chi connectivity index (χ0) is 18.8. The summed E-state index contributed by atoms with van der Waals surface area (Å²) in [5.41, 5.74) is 2.33. The van der Waals surface area contributed by atoms with Crippen molar-refractivity contribution in [2.24, 2.45) is 0 Å². The molecule has 5 nitrogen and oxygen atoms in total. The summed E-state index contributed by atoms with van der Waals surface area (Å²) in [5, 5.41) is 2.73. The molecule has 0 saturated heterocycles. The SMILES string of the molecule is Cc1cc(-c2ccncc2)c(F)cc1NC(=O)C1COc2ccccc2O1. The Balaban J connectivity index is 1.53. The van der Waals surface area contributed by atoms with Gasteiger partial charge >= 0.3 is 0 Å². The second-order valence-electron chi connectivity index (χ2n) is 6.24. The van der Waals surface area contributed by atoms with Crippen LogP contribution in [-0.2, 0) is 4.79 Å². The topological polar surface area (TPSA) is 60.5 Å². The molecule has 0 saturated carbocycles. The lowest BCUT2D eigenvalue weighted by atomic mass is 10.0. The van der Waals surface area contributed by atoms with Crippen LogP contribution >= 0.6 is 0 Å². The van der Waals surface area contributed by atoms with Gasteiger partial charge in [-0.05, 0) is 54.4 Å². The number of halogens is 1. The highest BCUT2D eigenvalue weighted by Gasteiger charge is 2.27. The standard InChI is InChI=1S/C21H17FN2O3/c1-13-10-15(14-6-8-23-9-7-14)16(22)11-17(13)24-21(25)20-12-26-18-4-2-3-5-19(18)27-20/h2-11,20H,12H2,1H3,(H,24,25). The Bertz CT molecular complexity index is 992. The second kappa shape index (κ2) is 7.07. The minimum Gasteiger partial charge on any atom is -0.485 e. The van der Waals surface area contributed by atoms with Crippen LogP contribution in [0.2, 0.25) is 0 Å². The normalized spacial score (nSPS) is 15.3. The van der Waals surface area contributed by atoms with Crippen LogP contribution in [0.15, 0.2) is 60.9 Å². The number of amides is 1. The Morgan fingerprint density at radius 2 is 1.89 bits per heavy atom. The molecular weight excluding hydrogens is 347 g/mol. The number of benzene rings is 2. The molecule has 136 valence electrons. The molecule has 0 fully saturated rings. The minimum absolute atomic E-state index is 0.0967. The van der Waals surface area contributed by atoms with Gasteiger partial charge in [0.15, 0.2) is 11.5 Å². The quantitative estimate of drug-likeness (QED) is 0.764. The fourth-order valence-corrected chi connectivity index (χ4v) is 2.93. The van der Waals surface area contributed by atoms with Crippen molar-refractivity contribution in [2.75, 3.05) is 11.9 Å². The number of aromatic nitrogens is 1. The van der Waals surface area contributed by atoms with Gasteiger partial charge in [0.25, 0.3) is 5.91 Å². The molecule has 1 aliphatic rings. The van der Waals surface area contributed by atoms with Crippen molar-refractivity contribution in [3.8, 4) is 22.6 Å². The van der Waals surface area contributed by atoms with Crippen molar-refractivity contribution < 1.29 is 18.7 Å². The van der Waals surface area contributed by atoms with Crippen LogP contribution in [0.1, 0.15) is 5.56 Å². The summed E-state index contributed by atoms with van der Waals surface area (Å²) < 4.78 is 25.8. The Morgan fingerprint density at radius 3 is 2.67 bits per heavy atom. The molecule has 3 aromatic rings. The van der Waals surface area contributed by atoms with Gasteiger partial charge in [0.05, 0.1) is 0 Å². The molecule has 0 aliphatic carbocycles. The van der Waals surface area contributed by atoms with E-state index < -0.39 is 11.9 Å². The maximum atomic E-state index is 14.6. The van der Waals surface area contributed by atoms with E-state index in [4.69, 9.17) is 9.47 Å². The summed E-state index contributed by atoms with van der Waals surface area (Å²) in [7, 11) is 0. The van der Waals surface area contributed by atoms with Crippen molar-refractivity contribution in [2.45, 2.75) is 13.0 Å². The first-order valence-electron chi connectivity index (χ1n) is 8.52. The van der Waals surface area contributed by atoms with E-state index in [1.54, 1.807) is 48.8 Å². The number of fused-ring (bicyclic) bond motifs is 1. The Morgan fingerprint density at radius 1 is 1.15 bits per heavy atom. The number of pyridine rings is 1. The first-order valence-corrected chi connectivity index (χ1v) is 8.52. The maximum absolute atomic E-state index is 14.6. The summed E-state index contributed by atoms with van der Waals surface area (Å²) in [5.74, 6) is 0.308. The van der Waals surface area contributed by atoms with E-state index in [1.807, 2.05) is 13.0 Å². The monoisotopic (exact) mass is 364 g/mol. The van der Waals surface area contributed by atoms with Crippen LogP contribution in [0, 0.1) is 12.7 Å². The van der Waals surface area contributed by atoms with E-state index in [0.717, 1.165) is 11.1 Å². The zero-order valence-electron chi connectivity index (χ0n) is 14.6. The zero-order valence-corrected chi connectivity index (χ0v) is 14.6. The highest BCUT2D eigenvalue weighted by atomic mass is 19.1. The smallest absolute Gasteiger partial charge is 0.269 e. The van der Waals surface area contributed by atoms with Crippen molar-refractivity contribution in [3.05, 3.63) is 72.3 Å². The molecular formula is C21H17FN2O3. The van der Waals surface area contributed by atoms with Gasteiger partial charge < -0.3 is 14.8 Å². The molecule has 1 aromatic heterocycles. The van der Waals surface area contributed by atoms with Crippen LogP contribution < -0.4 is 14.8 Å². The Hall–Kier alpha value is -3.41. The number of ether oxygens (including phenoxy) is 2. The fourth-order valence-electron chi connectivity index (χ4n) is 2.93. The summed E-state index contributed by atoms with van der Waals surface area (Å²) in [6.07, 6.45) is 2.41. The van der Waals surface area contributed by atoms with Gasteiger partial charge in [-0.15, -0.1) is 0 Å². The molecule has 27 heavy (non-hydrogen) atoms. The third kappa shape index (κ3) is 3.46. The lowest BCUT2D eigenvalue weighted by molar-refractivity contribution is -0.125. The van der Waals surface area contributed by atoms with Crippen molar-refractivity contribution in [1.82, 2.24) is 4.98 Å².